The minimum absolute atomic E-state index is 0.0527. The van der Waals surface area contributed by atoms with Crippen LogP contribution in [-0.2, 0) is 5.54 Å². The number of halogens is 2. The molecule has 0 saturated carbocycles. The van der Waals surface area contributed by atoms with Crippen LogP contribution in [0.1, 0.15) is 46.9 Å². The van der Waals surface area contributed by atoms with Gasteiger partial charge in [-0.05, 0) is 31.5 Å². The van der Waals surface area contributed by atoms with E-state index < -0.39 is 12.0 Å². The fourth-order valence-electron chi connectivity index (χ4n) is 2.16. The zero-order valence-corrected chi connectivity index (χ0v) is 12.5. The summed E-state index contributed by atoms with van der Waals surface area (Å²) in [5, 5.41) is 0. The molecule has 1 heterocycles. The van der Waals surface area contributed by atoms with E-state index in [4.69, 9.17) is 5.73 Å². The summed E-state index contributed by atoms with van der Waals surface area (Å²) in [4.78, 5) is 16.1. The molecule has 116 valence electrons. The van der Waals surface area contributed by atoms with Crippen molar-refractivity contribution in [3.63, 3.8) is 0 Å². The lowest BCUT2D eigenvalue weighted by Crippen LogP contribution is -2.35. The summed E-state index contributed by atoms with van der Waals surface area (Å²) in [6.45, 7) is 3.74. The van der Waals surface area contributed by atoms with Crippen molar-refractivity contribution in [1.82, 2.24) is 4.98 Å². The topological polar surface area (TPSA) is 56.0 Å². The number of aromatic nitrogens is 1. The molecule has 22 heavy (non-hydrogen) atoms. The van der Waals surface area contributed by atoms with Gasteiger partial charge in [-0.1, -0.05) is 29.8 Å². The Kier molecular flexibility index (Phi) is 4.66. The van der Waals surface area contributed by atoms with E-state index in [2.05, 4.69) is 4.98 Å². The number of benzene rings is 1. The number of aryl methyl sites for hydroxylation is 1. The molecule has 5 heteroatoms. The fraction of sp³-hybridized carbons (Fsp3) is 0.294. The summed E-state index contributed by atoms with van der Waals surface area (Å²) in [6, 6.07) is 10.2. The first-order valence-corrected chi connectivity index (χ1v) is 6.93. The summed E-state index contributed by atoms with van der Waals surface area (Å²) >= 11 is 0. The van der Waals surface area contributed by atoms with Gasteiger partial charge >= 0.3 is 0 Å². The molecule has 1 aromatic carbocycles. The molecule has 0 fully saturated rings. The first-order chi connectivity index (χ1) is 10.3. The van der Waals surface area contributed by atoms with Crippen molar-refractivity contribution in [2.45, 2.75) is 32.2 Å². The number of alkyl halides is 2. The maximum Gasteiger partial charge on any atom is 0.265 e. The second kappa shape index (κ2) is 6.32. The van der Waals surface area contributed by atoms with E-state index in [1.165, 1.54) is 12.1 Å². The highest BCUT2D eigenvalue weighted by atomic mass is 19.3. The molecule has 0 saturated heterocycles. The van der Waals surface area contributed by atoms with Crippen LogP contribution in [0.4, 0.5) is 8.78 Å². The van der Waals surface area contributed by atoms with Gasteiger partial charge in [0.1, 0.15) is 5.69 Å². The highest BCUT2D eigenvalue weighted by Gasteiger charge is 2.26. The Morgan fingerprint density at radius 1 is 1.23 bits per heavy atom. The van der Waals surface area contributed by atoms with Crippen LogP contribution in [0.15, 0.2) is 42.6 Å². The van der Waals surface area contributed by atoms with Crippen LogP contribution in [0.25, 0.3) is 0 Å². The van der Waals surface area contributed by atoms with Crippen molar-refractivity contribution in [2.24, 2.45) is 5.73 Å². The molecule has 1 aromatic heterocycles. The quantitative estimate of drug-likeness (QED) is 0.855. The number of carbonyl (C=O) groups excluding carboxylic acids is 1. The van der Waals surface area contributed by atoms with Gasteiger partial charge in [0.2, 0.25) is 0 Å². The molecule has 0 bridgehead atoms. The monoisotopic (exact) mass is 304 g/mol. The smallest absolute Gasteiger partial charge is 0.265 e. The first-order valence-electron chi connectivity index (χ1n) is 6.93. The fourth-order valence-corrected chi connectivity index (χ4v) is 2.16. The third-order valence-electron chi connectivity index (χ3n) is 3.56. The van der Waals surface area contributed by atoms with Gasteiger partial charge in [-0.25, -0.2) is 8.78 Å². The maximum atomic E-state index is 12.5. The van der Waals surface area contributed by atoms with Crippen molar-refractivity contribution in [3.8, 4) is 0 Å². The molecule has 0 aliphatic heterocycles. The molecular weight excluding hydrogens is 286 g/mol. The van der Waals surface area contributed by atoms with E-state index >= 15 is 0 Å². The van der Waals surface area contributed by atoms with Crippen LogP contribution in [0, 0.1) is 6.92 Å². The predicted molar refractivity (Wildman–Crippen MR) is 80.9 cm³/mol. The maximum absolute atomic E-state index is 12.5. The number of carbonyl (C=O) groups is 1. The Morgan fingerprint density at radius 2 is 1.86 bits per heavy atom. The molecule has 0 aliphatic rings. The standard InChI is InChI=1S/C17H18F2N2O/c1-11-3-6-13(7-4-11)17(2,20)9-15(22)14-8-5-12(10-21-14)16(18)19/h3-8,10,16H,9,20H2,1-2H3. The van der Waals surface area contributed by atoms with E-state index in [0.717, 1.165) is 17.3 Å². The van der Waals surface area contributed by atoms with Crippen molar-refractivity contribution in [1.29, 1.82) is 0 Å². The zero-order chi connectivity index (χ0) is 16.3. The molecule has 2 rings (SSSR count). The molecule has 1 atom stereocenters. The molecule has 0 spiro atoms. The van der Waals surface area contributed by atoms with Gasteiger partial charge in [-0.15, -0.1) is 0 Å². The van der Waals surface area contributed by atoms with Crippen LogP contribution in [-0.4, -0.2) is 10.8 Å². The molecule has 0 aliphatic carbocycles. The van der Waals surface area contributed by atoms with Crippen LogP contribution in [0.2, 0.25) is 0 Å². The molecule has 3 nitrogen and oxygen atoms in total. The lowest BCUT2D eigenvalue weighted by atomic mass is 9.87. The van der Waals surface area contributed by atoms with Crippen molar-refractivity contribution >= 4 is 5.78 Å². The molecule has 0 radical (unpaired) electrons. The number of nitrogens with two attached hydrogens (primary N) is 1. The van der Waals surface area contributed by atoms with Gasteiger partial charge < -0.3 is 5.73 Å². The van der Waals surface area contributed by atoms with Crippen LogP contribution >= 0.6 is 0 Å². The minimum Gasteiger partial charge on any atom is -0.321 e. The Labute approximate surface area is 128 Å². The number of nitrogens with zero attached hydrogens (tertiary/aromatic N) is 1. The number of hydrogen-bond donors (Lipinski definition) is 1. The number of pyridine rings is 1. The Morgan fingerprint density at radius 3 is 2.36 bits per heavy atom. The number of Topliss-reactive ketones (excluding diaryl/α,β-unsaturated/α-hetero) is 1. The van der Waals surface area contributed by atoms with Crippen molar-refractivity contribution in [3.05, 3.63) is 65.0 Å². The Hall–Kier alpha value is -2.14. The largest absolute Gasteiger partial charge is 0.321 e. The van der Waals surface area contributed by atoms with E-state index in [0.29, 0.717) is 0 Å². The highest BCUT2D eigenvalue weighted by Crippen LogP contribution is 2.24. The highest BCUT2D eigenvalue weighted by molar-refractivity contribution is 5.95. The first kappa shape index (κ1) is 16.2. The second-order valence-corrected chi connectivity index (χ2v) is 5.66. The summed E-state index contributed by atoms with van der Waals surface area (Å²) in [5.74, 6) is -0.272. The van der Waals surface area contributed by atoms with Gasteiger partial charge in [-0.3, -0.25) is 9.78 Å². The number of ketones is 1. The number of hydrogen-bond acceptors (Lipinski definition) is 3. The predicted octanol–water partition coefficient (Wildman–Crippen LogP) is 3.77. The molecule has 2 N–H and O–H groups in total. The Bertz CT molecular complexity index is 649. The van der Waals surface area contributed by atoms with E-state index in [1.807, 2.05) is 31.2 Å². The normalized spacial score (nSPS) is 13.9. The molecule has 1 unspecified atom stereocenters. The zero-order valence-electron chi connectivity index (χ0n) is 12.5. The SMILES string of the molecule is Cc1ccc(C(C)(N)CC(=O)c2ccc(C(F)F)cn2)cc1. The molecule has 2 aromatic rings. The van der Waals surface area contributed by atoms with E-state index in [9.17, 15) is 13.6 Å². The average Bonchev–Trinajstić information content (AvgIpc) is 2.47. The van der Waals surface area contributed by atoms with Gasteiger partial charge in [-0.2, -0.15) is 0 Å². The van der Waals surface area contributed by atoms with Gasteiger partial charge in [0.25, 0.3) is 6.43 Å². The van der Waals surface area contributed by atoms with Crippen molar-refractivity contribution in [2.75, 3.05) is 0 Å². The van der Waals surface area contributed by atoms with E-state index in [1.54, 1.807) is 6.92 Å². The summed E-state index contributed by atoms with van der Waals surface area (Å²) < 4.78 is 25.0. The second-order valence-electron chi connectivity index (χ2n) is 5.66. The summed E-state index contributed by atoms with van der Waals surface area (Å²) in [5.41, 5.74) is 7.29. The van der Waals surface area contributed by atoms with E-state index in [-0.39, 0.29) is 23.5 Å². The Balaban J connectivity index is 2.14. The third kappa shape index (κ3) is 3.74. The van der Waals surface area contributed by atoms with Crippen molar-refractivity contribution < 1.29 is 13.6 Å². The average molecular weight is 304 g/mol. The van der Waals surface area contributed by atoms with Gasteiger partial charge in [0, 0.05) is 23.7 Å². The van der Waals surface area contributed by atoms with Gasteiger partial charge in [0.05, 0.1) is 0 Å². The lowest BCUT2D eigenvalue weighted by molar-refractivity contribution is 0.0949. The minimum atomic E-state index is -2.59. The summed E-state index contributed by atoms with van der Waals surface area (Å²) in [7, 11) is 0. The van der Waals surface area contributed by atoms with Gasteiger partial charge in [0.15, 0.2) is 5.78 Å². The van der Waals surface area contributed by atoms with Crippen LogP contribution < -0.4 is 5.73 Å². The van der Waals surface area contributed by atoms with Crippen LogP contribution in [0.5, 0.6) is 0 Å². The molecular formula is C17H18F2N2O. The summed E-state index contributed by atoms with van der Waals surface area (Å²) in [6.07, 6.45) is -1.52. The lowest BCUT2D eigenvalue weighted by Gasteiger charge is -2.24. The molecule has 0 amide bonds. The third-order valence-corrected chi connectivity index (χ3v) is 3.56. The number of rotatable bonds is 5. The van der Waals surface area contributed by atoms with Crippen LogP contribution in [0.3, 0.4) is 0 Å².